The van der Waals surface area contributed by atoms with Crippen LogP contribution in [0.2, 0.25) is 5.28 Å². The summed E-state index contributed by atoms with van der Waals surface area (Å²) in [4.78, 5) is 13.0. The van der Waals surface area contributed by atoms with Crippen LogP contribution in [0, 0.1) is 0 Å². The monoisotopic (exact) mass is 340 g/mol. The first-order chi connectivity index (χ1) is 11.8. The van der Waals surface area contributed by atoms with Crippen molar-refractivity contribution in [3.05, 3.63) is 48.7 Å². The van der Waals surface area contributed by atoms with Crippen molar-refractivity contribution in [2.75, 3.05) is 5.32 Å². The molecule has 1 fully saturated rings. The average Bonchev–Trinajstić information content (AvgIpc) is 3.00. The van der Waals surface area contributed by atoms with Gasteiger partial charge in [0.2, 0.25) is 5.28 Å². The normalized spacial score (nSPS) is 14.4. The molecule has 0 saturated heterocycles. The molecule has 0 atom stereocenters. The zero-order valence-electron chi connectivity index (χ0n) is 12.5. The van der Waals surface area contributed by atoms with E-state index in [9.17, 15) is 0 Å². The Morgan fingerprint density at radius 2 is 2.08 bits per heavy atom. The fourth-order valence-corrected chi connectivity index (χ4v) is 2.83. The number of aromatic nitrogens is 7. The van der Waals surface area contributed by atoms with Gasteiger partial charge >= 0.3 is 0 Å². The first-order valence-corrected chi connectivity index (χ1v) is 8.00. The second-order valence-electron chi connectivity index (χ2n) is 5.77. The minimum absolute atomic E-state index is 0.170. The van der Waals surface area contributed by atoms with Gasteiger partial charge in [0.05, 0.1) is 12.5 Å². The first kappa shape index (κ1) is 13.6. The molecule has 9 heteroatoms. The summed E-state index contributed by atoms with van der Waals surface area (Å²) in [5.74, 6) is 2.11. The lowest BCUT2D eigenvalue weighted by Crippen LogP contribution is -2.01. The molecule has 1 aliphatic carbocycles. The maximum Gasteiger partial charge on any atom is 0.243 e. The van der Waals surface area contributed by atoms with Crippen molar-refractivity contribution < 1.29 is 0 Å². The molecule has 4 aromatic heterocycles. The molecule has 4 aromatic rings. The maximum absolute atomic E-state index is 5.96. The third kappa shape index (κ3) is 2.31. The minimum Gasteiger partial charge on any atom is -0.332 e. The predicted molar refractivity (Wildman–Crippen MR) is 88.9 cm³/mol. The Morgan fingerprint density at radius 3 is 2.96 bits per heavy atom. The van der Waals surface area contributed by atoms with E-state index in [0.717, 1.165) is 11.3 Å². The van der Waals surface area contributed by atoms with Gasteiger partial charge in [0, 0.05) is 18.4 Å². The van der Waals surface area contributed by atoms with Crippen molar-refractivity contribution >= 4 is 28.8 Å². The van der Waals surface area contributed by atoms with Crippen LogP contribution >= 0.6 is 11.6 Å². The Morgan fingerprint density at radius 1 is 1.17 bits per heavy atom. The van der Waals surface area contributed by atoms with Crippen molar-refractivity contribution in [3.8, 4) is 5.82 Å². The summed E-state index contributed by atoms with van der Waals surface area (Å²) in [5, 5.41) is 7.46. The van der Waals surface area contributed by atoms with Gasteiger partial charge < -0.3 is 9.88 Å². The molecule has 5 rings (SSSR count). The Hall–Kier alpha value is -2.87. The van der Waals surface area contributed by atoms with Gasteiger partial charge in [-0.2, -0.15) is 4.98 Å². The number of fused-ring (bicyclic) bond motifs is 1. The Bertz CT molecular complexity index is 1030. The van der Waals surface area contributed by atoms with Crippen molar-refractivity contribution in [1.82, 2.24) is 33.7 Å². The summed E-state index contributed by atoms with van der Waals surface area (Å²) in [6.07, 6.45) is 11.8. The van der Waals surface area contributed by atoms with Crippen molar-refractivity contribution in [1.29, 1.82) is 0 Å². The third-order valence-electron chi connectivity index (χ3n) is 4.02. The molecule has 0 spiro atoms. The first-order valence-electron chi connectivity index (χ1n) is 7.62. The van der Waals surface area contributed by atoms with E-state index in [0.29, 0.717) is 17.7 Å². The zero-order valence-corrected chi connectivity index (χ0v) is 13.3. The quantitative estimate of drug-likeness (QED) is 0.618. The topological polar surface area (TPSA) is 77.9 Å². The molecule has 1 saturated carbocycles. The van der Waals surface area contributed by atoms with Crippen LogP contribution in [0.25, 0.3) is 11.3 Å². The number of hydrogen-bond acceptors (Lipinski definition) is 5. The SMILES string of the molecule is Clc1nc(Nc2cn(-c3cn(C4CC4)cn3)cn2)c2cccn2n1. The summed E-state index contributed by atoms with van der Waals surface area (Å²) >= 11 is 5.96. The lowest BCUT2D eigenvalue weighted by atomic mass is 10.5. The van der Waals surface area contributed by atoms with Gasteiger partial charge in [-0.25, -0.2) is 14.5 Å². The fourth-order valence-electron chi connectivity index (χ4n) is 2.67. The van der Waals surface area contributed by atoms with Crippen LogP contribution in [0.1, 0.15) is 18.9 Å². The molecule has 120 valence electrons. The molecule has 1 N–H and O–H groups in total. The van der Waals surface area contributed by atoms with Gasteiger partial charge in [0.25, 0.3) is 0 Å². The summed E-state index contributed by atoms with van der Waals surface area (Å²) in [6, 6.07) is 4.40. The van der Waals surface area contributed by atoms with E-state index in [1.807, 2.05) is 41.6 Å². The van der Waals surface area contributed by atoms with E-state index < -0.39 is 0 Å². The highest BCUT2D eigenvalue weighted by Gasteiger charge is 2.23. The number of rotatable bonds is 4. The fraction of sp³-hybridized carbons (Fsp3) is 0.200. The van der Waals surface area contributed by atoms with Gasteiger partial charge in [-0.3, -0.25) is 4.57 Å². The van der Waals surface area contributed by atoms with Crippen LogP contribution < -0.4 is 5.32 Å². The molecule has 24 heavy (non-hydrogen) atoms. The Kier molecular flexibility index (Phi) is 2.86. The summed E-state index contributed by atoms with van der Waals surface area (Å²) in [7, 11) is 0. The number of imidazole rings is 2. The number of halogens is 1. The van der Waals surface area contributed by atoms with Gasteiger partial charge in [-0.05, 0) is 36.6 Å². The maximum atomic E-state index is 5.96. The van der Waals surface area contributed by atoms with E-state index in [-0.39, 0.29) is 5.28 Å². The molecule has 0 aromatic carbocycles. The summed E-state index contributed by atoms with van der Waals surface area (Å²) < 4.78 is 5.70. The highest BCUT2D eigenvalue weighted by atomic mass is 35.5. The number of hydrogen-bond donors (Lipinski definition) is 1. The Balaban J connectivity index is 1.45. The average molecular weight is 341 g/mol. The number of anilines is 2. The van der Waals surface area contributed by atoms with Crippen LogP contribution in [0.3, 0.4) is 0 Å². The van der Waals surface area contributed by atoms with E-state index in [2.05, 4.69) is 29.9 Å². The highest BCUT2D eigenvalue weighted by molar-refractivity contribution is 6.28. The predicted octanol–water partition coefficient (Wildman–Crippen LogP) is 2.84. The van der Waals surface area contributed by atoms with Crippen LogP contribution in [-0.4, -0.2) is 33.7 Å². The largest absolute Gasteiger partial charge is 0.332 e. The van der Waals surface area contributed by atoms with E-state index in [4.69, 9.17) is 11.6 Å². The molecule has 4 heterocycles. The third-order valence-corrected chi connectivity index (χ3v) is 4.18. The van der Waals surface area contributed by atoms with E-state index in [1.54, 1.807) is 10.8 Å². The van der Waals surface area contributed by atoms with Crippen molar-refractivity contribution in [3.63, 3.8) is 0 Å². The van der Waals surface area contributed by atoms with Crippen LogP contribution in [0.15, 0.2) is 43.4 Å². The van der Waals surface area contributed by atoms with Gasteiger partial charge in [-0.15, -0.1) is 5.10 Å². The standard InChI is InChI=1S/C15H13ClN8/c16-15-20-14(11-2-1-5-24(11)21-15)19-12-6-23(8-17-12)13-7-22(9-18-13)10-3-4-10/h1-2,5-10H,3-4H2,(H,19,20,21). The molecule has 0 aliphatic heterocycles. The zero-order chi connectivity index (χ0) is 16.1. The van der Waals surface area contributed by atoms with Crippen LogP contribution in [-0.2, 0) is 0 Å². The smallest absolute Gasteiger partial charge is 0.243 e. The minimum atomic E-state index is 0.170. The van der Waals surface area contributed by atoms with Crippen LogP contribution in [0.4, 0.5) is 11.6 Å². The molecule has 0 radical (unpaired) electrons. The van der Waals surface area contributed by atoms with Gasteiger partial charge in [-0.1, -0.05) is 0 Å². The van der Waals surface area contributed by atoms with E-state index in [1.165, 1.54) is 12.8 Å². The lowest BCUT2D eigenvalue weighted by molar-refractivity contribution is 0.740. The molecular formula is C15H13ClN8. The lowest BCUT2D eigenvalue weighted by Gasteiger charge is -2.04. The highest BCUT2D eigenvalue weighted by Crippen LogP contribution is 2.34. The molecule has 0 unspecified atom stereocenters. The van der Waals surface area contributed by atoms with Crippen molar-refractivity contribution in [2.45, 2.75) is 18.9 Å². The second-order valence-corrected chi connectivity index (χ2v) is 6.11. The van der Waals surface area contributed by atoms with Crippen molar-refractivity contribution in [2.24, 2.45) is 0 Å². The summed E-state index contributed by atoms with van der Waals surface area (Å²) in [5.41, 5.74) is 0.826. The van der Waals surface area contributed by atoms with Crippen LogP contribution in [0.5, 0.6) is 0 Å². The molecule has 1 aliphatic rings. The van der Waals surface area contributed by atoms with Gasteiger partial charge in [0.15, 0.2) is 11.6 Å². The van der Waals surface area contributed by atoms with Gasteiger partial charge in [0.1, 0.15) is 17.7 Å². The number of nitrogens with one attached hydrogen (secondary N) is 1. The number of nitrogens with zero attached hydrogens (tertiary/aromatic N) is 7. The molecular weight excluding hydrogens is 328 g/mol. The molecule has 8 nitrogen and oxygen atoms in total. The Labute approximate surface area is 141 Å². The summed E-state index contributed by atoms with van der Waals surface area (Å²) in [6.45, 7) is 0. The second kappa shape index (κ2) is 5.07. The van der Waals surface area contributed by atoms with E-state index >= 15 is 0 Å². The molecule has 0 bridgehead atoms. The molecule has 0 amide bonds.